The van der Waals surface area contributed by atoms with Gasteiger partial charge in [-0.25, -0.2) is 9.97 Å². The summed E-state index contributed by atoms with van der Waals surface area (Å²) in [6, 6.07) is 7.93. The maximum Gasteiger partial charge on any atom is 0.212 e. The first-order chi connectivity index (χ1) is 13.3. The van der Waals surface area contributed by atoms with Gasteiger partial charge in [0, 0.05) is 47.9 Å². The maximum absolute atomic E-state index is 5.13. The standard InChI is InChI=1S/C21H17N5O/c1-27-20-8-6-14(10-24-20)21-16(11-25-21)15-5-7-19-23-12-18(26(19)13-15)17-4-2-3-9-22-17/h2-8,10-13,22H,9H2,1H3. The minimum absolute atomic E-state index is 0.594. The van der Waals surface area contributed by atoms with Crippen LogP contribution in [0.2, 0.25) is 0 Å². The van der Waals surface area contributed by atoms with Crippen molar-refractivity contribution in [1.82, 2.24) is 19.7 Å². The number of hydrogen-bond donors (Lipinski definition) is 1. The zero-order valence-electron chi connectivity index (χ0n) is 14.8. The molecule has 3 aromatic rings. The number of rotatable bonds is 4. The monoisotopic (exact) mass is 355 g/mol. The summed E-state index contributed by atoms with van der Waals surface area (Å²) in [6.07, 6.45) is 13.9. The number of nitrogens with one attached hydrogen (secondary N) is 1. The van der Waals surface area contributed by atoms with Gasteiger partial charge < -0.3 is 10.1 Å². The predicted octanol–water partition coefficient (Wildman–Crippen LogP) is 3.08. The average Bonchev–Trinajstić information content (AvgIpc) is 3.12. The Kier molecular flexibility index (Phi) is 3.60. The van der Waals surface area contributed by atoms with Crippen LogP contribution < -0.4 is 10.1 Å². The molecule has 0 atom stereocenters. The Morgan fingerprint density at radius 3 is 2.70 bits per heavy atom. The van der Waals surface area contributed by atoms with Gasteiger partial charge in [0.25, 0.3) is 0 Å². The van der Waals surface area contributed by atoms with E-state index in [0.29, 0.717) is 5.88 Å². The van der Waals surface area contributed by atoms with Crippen molar-refractivity contribution >= 4 is 22.6 Å². The van der Waals surface area contributed by atoms with Crippen molar-refractivity contribution in [3.8, 4) is 5.88 Å². The number of hydrogen-bond acceptors (Lipinski definition) is 5. The number of nitrogens with zero attached hydrogens (tertiary/aromatic N) is 4. The zero-order valence-corrected chi connectivity index (χ0v) is 14.8. The Bertz CT molecular complexity index is 1150. The molecule has 0 aromatic carbocycles. The minimum atomic E-state index is 0.594. The second-order valence-electron chi connectivity index (χ2n) is 6.29. The van der Waals surface area contributed by atoms with Crippen LogP contribution in [0, 0.1) is 0 Å². The lowest BCUT2D eigenvalue weighted by Gasteiger charge is -2.18. The molecule has 1 N–H and O–H groups in total. The van der Waals surface area contributed by atoms with Crippen LogP contribution in [0.3, 0.4) is 0 Å². The highest BCUT2D eigenvalue weighted by Crippen LogP contribution is 2.28. The highest BCUT2D eigenvalue weighted by atomic mass is 16.5. The van der Waals surface area contributed by atoms with E-state index in [0.717, 1.165) is 46.0 Å². The molecule has 6 nitrogen and oxygen atoms in total. The van der Waals surface area contributed by atoms with Crippen molar-refractivity contribution in [2.45, 2.75) is 0 Å². The fourth-order valence-corrected chi connectivity index (χ4v) is 3.25. The number of dihydropyridines is 1. The topological polar surface area (TPSA) is 63.8 Å². The van der Waals surface area contributed by atoms with Gasteiger partial charge in [0.2, 0.25) is 5.88 Å². The molecule has 6 heteroatoms. The number of ether oxygens (including phenoxy) is 1. The van der Waals surface area contributed by atoms with Gasteiger partial charge in [-0.15, -0.1) is 0 Å². The molecule has 132 valence electrons. The molecule has 0 aliphatic carbocycles. The van der Waals surface area contributed by atoms with Gasteiger partial charge >= 0.3 is 0 Å². The third kappa shape index (κ3) is 2.62. The van der Waals surface area contributed by atoms with Crippen molar-refractivity contribution in [3.05, 3.63) is 84.1 Å². The number of pyridine rings is 2. The summed E-state index contributed by atoms with van der Waals surface area (Å²) in [6.45, 7) is 0.825. The van der Waals surface area contributed by atoms with E-state index in [1.807, 2.05) is 30.6 Å². The van der Waals surface area contributed by atoms with Crippen LogP contribution in [0.15, 0.2) is 72.3 Å². The Hall–Kier alpha value is -3.67. The zero-order chi connectivity index (χ0) is 18.2. The highest BCUT2D eigenvalue weighted by Gasteiger charge is 2.20. The van der Waals surface area contributed by atoms with Gasteiger partial charge in [-0.1, -0.05) is 12.2 Å². The fourth-order valence-electron chi connectivity index (χ4n) is 3.25. The number of aromatic nitrogens is 3. The number of aliphatic imine (C=N–C) groups is 1. The summed E-state index contributed by atoms with van der Waals surface area (Å²) in [4.78, 5) is 13.2. The van der Waals surface area contributed by atoms with Crippen LogP contribution in [0.25, 0.3) is 16.9 Å². The summed E-state index contributed by atoms with van der Waals surface area (Å²) in [5, 5.41) is 3.39. The van der Waals surface area contributed by atoms with Crippen LogP contribution in [0.5, 0.6) is 5.88 Å². The molecule has 0 saturated carbocycles. The number of fused-ring (bicyclic) bond motifs is 1. The van der Waals surface area contributed by atoms with Gasteiger partial charge in [0.05, 0.1) is 30.4 Å². The fraction of sp³-hybridized carbons (Fsp3) is 0.0952. The van der Waals surface area contributed by atoms with Crippen LogP contribution in [0.1, 0.15) is 16.8 Å². The van der Waals surface area contributed by atoms with Gasteiger partial charge in [0.1, 0.15) is 5.65 Å². The van der Waals surface area contributed by atoms with Crippen molar-refractivity contribution in [2.75, 3.05) is 13.7 Å². The molecule has 0 spiro atoms. The lowest BCUT2D eigenvalue weighted by Crippen LogP contribution is -2.16. The summed E-state index contributed by atoms with van der Waals surface area (Å²) in [5.74, 6) is 0.594. The van der Waals surface area contributed by atoms with E-state index in [1.54, 1.807) is 13.3 Å². The molecular formula is C21H17N5O. The van der Waals surface area contributed by atoms with E-state index in [-0.39, 0.29) is 0 Å². The first kappa shape index (κ1) is 15.6. The summed E-state index contributed by atoms with van der Waals surface area (Å²) >= 11 is 0. The second-order valence-corrected chi connectivity index (χ2v) is 6.29. The lowest BCUT2D eigenvalue weighted by molar-refractivity contribution is 0.398. The quantitative estimate of drug-likeness (QED) is 0.781. The SMILES string of the molecule is COc1ccc(C2=NC=C2c2ccc3ncc(C4=CC=CCN4)n3c2)cn1. The van der Waals surface area contributed by atoms with Crippen LogP contribution >= 0.6 is 0 Å². The Morgan fingerprint density at radius 1 is 1.07 bits per heavy atom. The lowest BCUT2D eigenvalue weighted by atomic mass is 9.95. The molecule has 2 aliphatic rings. The first-order valence-corrected chi connectivity index (χ1v) is 8.71. The van der Waals surface area contributed by atoms with E-state index in [4.69, 9.17) is 4.74 Å². The van der Waals surface area contributed by atoms with Gasteiger partial charge in [0.15, 0.2) is 0 Å². The van der Waals surface area contributed by atoms with Crippen LogP contribution in [-0.4, -0.2) is 33.7 Å². The molecule has 0 amide bonds. The van der Waals surface area contributed by atoms with E-state index < -0.39 is 0 Å². The number of allylic oxidation sites excluding steroid dienone is 3. The third-order valence-electron chi connectivity index (χ3n) is 4.70. The molecule has 0 fully saturated rings. The van der Waals surface area contributed by atoms with Crippen LogP contribution in [-0.2, 0) is 0 Å². The number of methoxy groups -OCH3 is 1. The van der Waals surface area contributed by atoms with Gasteiger partial charge in [-0.05, 0) is 24.3 Å². The second kappa shape index (κ2) is 6.25. The minimum Gasteiger partial charge on any atom is -0.481 e. The van der Waals surface area contributed by atoms with Crippen molar-refractivity contribution < 1.29 is 4.74 Å². The summed E-state index contributed by atoms with van der Waals surface area (Å²) in [5.41, 5.74) is 7.11. The Balaban J connectivity index is 1.50. The molecular weight excluding hydrogens is 338 g/mol. The Morgan fingerprint density at radius 2 is 2.00 bits per heavy atom. The van der Waals surface area contributed by atoms with E-state index in [1.165, 1.54) is 0 Å². The first-order valence-electron chi connectivity index (χ1n) is 8.71. The van der Waals surface area contributed by atoms with Crippen molar-refractivity contribution in [3.63, 3.8) is 0 Å². The molecule has 5 heterocycles. The largest absolute Gasteiger partial charge is 0.481 e. The normalized spacial score (nSPS) is 15.5. The van der Waals surface area contributed by atoms with Gasteiger partial charge in [-0.2, -0.15) is 0 Å². The molecule has 0 radical (unpaired) electrons. The molecule has 27 heavy (non-hydrogen) atoms. The molecule has 2 aliphatic heterocycles. The highest BCUT2D eigenvalue weighted by molar-refractivity contribution is 6.35. The number of imidazole rings is 1. The predicted molar refractivity (Wildman–Crippen MR) is 106 cm³/mol. The third-order valence-corrected chi connectivity index (χ3v) is 4.70. The maximum atomic E-state index is 5.13. The molecule has 3 aromatic heterocycles. The van der Waals surface area contributed by atoms with Crippen molar-refractivity contribution in [1.29, 1.82) is 0 Å². The van der Waals surface area contributed by atoms with E-state index in [2.05, 4.69) is 55.2 Å². The molecule has 5 rings (SSSR count). The Labute approximate surface area is 156 Å². The summed E-state index contributed by atoms with van der Waals surface area (Å²) in [7, 11) is 1.61. The summed E-state index contributed by atoms with van der Waals surface area (Å²) < 4.78 is 7.24. The molecule has 0 bridgehead atoms. The molecule has 0 unspecified atom stereocenters. The van der Waals surface area contributed by atoms with E-state index in [9.17, 15) is 0 Å². The van der Waals surface area contributed by atoms with Gasteiger partial charge in [-0.3, -0.25) is 9.39 Å². The molecule has 0 saturated heterocycles. The average molecular weight is 355 g/mol. The van der Waals surface area contributed by atoms with E-state index >= 15 is 0 Å². The van der Waals surface area contributed by atoms with Crippen LogP contribution in [0.4, 0.5) is 0 Å². The van der Waals surface area contributed by atoms with Crippen molar-refractivity contribution in [2.24, 2.45) is 4.99 Å². The smallest absolute Gasteiger partial charge is 0.212 e.